The number of carbonyl (C=O) groups excluding carboxylic acids is 1. The van der Waals surface area contributed by atoms with Gasteiger partial charge in [0.25, 0.3) is 0 Å². The number of piperidine rings is 2. The zero-order valence-electron chi connectivity index (χ0n) is 15.7. The van der Waals surface area contributed by atoms with Crippen molar-refractivity contribution in [1.29, 1.82) is 0 Å². The van der Waals surface area contributed by atoms with E-state index in [2.05, 4.69) is 22.8 Å². The maximum Gasteiger partial charge on any atom is 0.223 e. The summed E-state index contributed by atoms with van der Waals surface area (Å²) in [4.78, 5) is 17.1. The Morgan fingerprint density at radius 1 is 1.31 bits per heavy atom. The highest BCUT2D eigenvalue weighted by Gasteiger charge is 2.71. The van der Waals surface area contributed by atoms with E-state index in [4.69, 9.17) is 23.2 Å². The van der Waals surface area contributed by atoms with Crippen LogP contribution in [0.1, 0.15) is 57.4 Å². The van der Waals surface area contributed by atoms with E-state index in [1.165, 1.54) is 18.4 Å². The van der Waals surface area contributed by atoms with Gasteiger partial charge in [-0.1, -0.05) is 43.1 Å². The van der Waals surface area contributed by atoms with E-state index in [0.29, 0.717) is 40.3 Å². The molecule has 1 saturated carbocycles. The van der Waals surface area contributed by atoms with E-state index in [1.54, 1.807) is 0 Å². The molecule has 0 N–H and O–H groups in total. The lowest BCUT2D eigenvalue weighted by atomic mass is 9.85. The van der Waals surface area contributed by atoms with Gasteiger partial charge in [-0.15, -0.1) is 0 Å². The molecule has 0 radical (unpaired) electrons. The lowest BCUT2D eigenvalue weighted by Gasteiger charge is -2.38. The van der Waals surface area contributed by atoms with Gasteiger partial charge in [0, 0.05) is 19.5 Å². The minimum absolute atomic E-state index is 0.235. The Labute approximate surface area is 166 Å². The fourth-order valence-corrected chi connectivity index (χ4v) is 5.80. The van der Waals surface area contributed by atoms with Crippen LogP contribution in [-0.2, 0) is 4.79 Å². The number of amides is 1. The van der Waals surface area contributed by atoms with Crippen LogP contribution in [-0.4, -0.2) is 46.9 Å². The number of rotatable bonds is 5. The molecule has 5 heteroatoms. The van der Waals surface area contributed by atoms with E-state index in [0.717, 1.165) is 32.5 Å². The third-order valence-corrected chi connectivity index (χ3v) is 7.77. The normalized spacial score (nSPS) is 31.5. The number of benzene rings is 1. The average Bonchev–Trinajstić information content (AvgIpc) is 3.13. The number of halogens is 2. The van der Waals surface area contributed by atoms with Gasteiger partial charge in [0.1, 0.15) is 0 Å². The lowest BCUT2D eigenvalue weighted by Crippen LogP contribution is -2.47. The van der Waals surface area contributed by atoms with Crippen LogP contribution in [0.2, 0.25) is 10.0 Å². The molecular formula is C21H28Cl2N2O. The second-order valence-corrected chi connectivity index (χ2v) is 9.13. The van der Waals surface area contributed by atoms with Crippen molar-refractivity contribution in [3.63, 3.8) is 0 Å². The average molecular weight is 395 g/mol. The highest BCUT2D eigenvalue weighted by molar-refractivity contribution is 6.42. The Bertz CT molecular complexity index is 709. The van der Waals surface area contributed by atoms with Crippen molar-refractivity contribution in [2.24, 2.45) is 5.92 Å². The molecule has 2 aliphatic heterocycles. The van der Waals surface area contributed by atoms with Crippen molar-refractivity contribution in [3.05, 3.63) is 33.8 Å². The zero-order chi connectivity index (χ0) is 18.5. The Morgan fingerprint density at radius 2 is 2.12 bits per heavy atom. The lowest BCUT2D eigenvalue weighted by molar-refractivity contribution is -0.128. The first-order valence-corrected chi connectivity index (χ1v) is 10.7. The van der Waals surface area contributed by atoms with E-state index in [9.17, 15) is 4.79 Å². The third kappa shape index (κ3) is 2.96. The third-order valence-electron chi connectivity index (χ3n) is 7.03. The minimum atomic E-state index is 0.235. The van der Waals surface area contributed by atoms with Gasteiger partial charge in [0.2, 0.25) is 5.91 Å². The fourth-order valence-electron chi connectivity index (χ4n) is 5.49. The highest BCUT2D eigenvalue weighted by atomic mass is 35.5. The fraction of sp³-hybridized carbons (Fsp3) is 0.667. The first kappa shape index (κ1) is 18.6. The number of nitrogens with zero attached hydrogens (tertiary/aromatic N) is 2. The summed E-state index contributed by atoms with van der Waals surface area (Å²) in [5, 5.41) is 1.26. The molecule has 26 heavy (non-hydrogen) atoms. The van der Waals surface area contributed by atoms with Crippen molar-refractivity contribution < 1.29 is 4.79 Å². The summed E-state index contributed by atoms with van der Waals surface area (Å²) in [6.45, 7) is 7.63. The smallest absolute Gasteiger partial charge is 0.223 e. The molecule has 4 unspecified atom stereocenters. The van der Waals surface area contributed by atoms with Crippen molar-refractivity contribution in [1.82, 2.24) is 9.80 Å². The molecule has 1 aromatic carbocycles. The predicted molar refractivity (Wildman–Crippen MR) is 107 cm³/mol. The van der Waals surface area contributed by atoms with Crippen LogP contribution in [0.4, 0.5) is 0 Å². The molecular weight excluding hydrogens is 367 g/mol. The van der Waals surface area contributed by atoms with Crippen LogP contribution < -0.4 is 0 Å². The van der Waals surface area contributed by atoms with Gasteiger partial charge >= 0.3 is 0 Å². The summed E-state index contributed by atoms with van der Waals surface area (Å²) >= 11 is 12.2. The summed E-state index contributed by atoms with van der Waals surface area (Å²) in [5.74, 6) is 1.51. The van der Waals surface area contributed by atoms with Crippen LogP contribution in [0.25, 0.3) is 0 Å². The molecule has 3 nitrogen and oxygen atoms in total. The van der Waals surface area contributed by atoms with Crippen molar-refractivity contribution >= 4 is 29.1 Å². The van der Waals surface area contributed by atoms with Gasteiger partial charge < -0.3 is 9.80 Å². The van der Waals surface area contributed by atoms with Crippen LogP contribution >= 0.6 is 23.2 Å². The number of hydrogen-bond donors (Lipinski definition) is 0. The van der Waals surface area contributed by atoms with Gasteiger partial charge in [-0.2, -0.15) is 0 Å². The largest absolute Gasteiger partial charge is 0.329 e. The predicted octanol–water partition coefficient (Wildman–Crippen LogP) is 4.96. The Kier molecular flexibility index (Phi) is 5.00. The van der Waals surface area contributed by atoms with Crippen molar-refractivity contribution in [2.45, 2.75) is 63.5 Å². The van der Waals surface area contributed by atoms with E-state index in [1.807, 2.05) is 19.1 Å². The Balaban J connectivity index is 1.33. The maximum atomic E-state index is 12.2. The summed E-state index contributed by atoms with van der Waals surface area (Å²) in [6.07, 6.45) is 5.44. The Hall–Kier alpha value is -0.770. The number of likely N-dealkylation sites (tertiary alicyclic amines) is 2. The first-order valence-electron chi connectivity index (χ1n) is 9.96. The van der Waals surface area contributed by atoms with Crippen molar-refractivity contribution in [3.8, 4) is 0 Å². The van der Waals surface area contributed by atoms with E-state index < -0.39 is 0 Å². The molecule has 0 aromatic heterocycles. The monoisotopic (exact) mass is 394 g/mol. The molecule has 1 spiro atoms. The standard InChI is InChI=1S/C21H28Cl2N2O/c1-3-20(26)25-19-7-5-16-13-24(11-9-21(16,19)25)10-8-14(2)15-4-6-17(22)18(23)12-15/h4,6,12,14,16,19H,3,5,7-11,13H2,1-2H3. The molecule has 2 saturated heterocycles. The zero-order valence-corrected chi connectivity index (χ0v) is 17.2. The summed E-state index contributed by atoms with van der Waals surface area (Å²) in [6, 6.07) is 6.53. The molecule has 1 aromatic rings. The van der Waals surface area contributed by atoms with Gasteiger partial charge in [-0.3, -0.25) is 4.79 Å². The molecule has 4 rings (SSSR count). The van der Waals surface area contributed by atoms with Crippen LogP contribution in [0, 0.1) is 5.92 Å². The molecule has 4 atom stereocenters. The van der Waals surface area contributed by atoms with Gasteiger partial charge in [-0.25, -0.2) is 0 Å². The molecule has 0 bridgehead atoms. The second kappa shape index (κ2) is 7.00. The summed E-state index contributed by atoms with van der Waals surface area (Å²) in [5.41, 5.74) is 1.49. The van der Waals surface area contributed by atoms with Gasteiger partial charge in [0.15, 0.2) is 0 Å². The second-order valence-electron chi connectivity index (χ2n) is 8.31. The molecule has 1 amide bonds. The van der Waals surface area contributed by atoms with Gasteiger partial charge in [-0.05, 0) is 61.8 Å². The van der Waals surface area contributed by atoms with Crippen LogP contribution in [0.3, 0.4) is 0 Å². The number of carbonyl (C=O) groups is 1. The van der Waals surface area contributed by atoms with Crippen LogP contribution in [0.15, 0.2) is 18.2 Å². The SMILES string of the molecule is CCC(=O)N1C2CCC3CN(CCC(C)c4ccc(Cl)c(Cl)c4)CCC321. The molecule has 3 aliphatic rings. The van der Waals surface area contributed by atoms with E-state index in [-0.39, 0.29) is 5.54 Å². The van der Waals surface area contributed by atoms with E-state index >= 15 is 0 Å². The van der Waals surface area contributed by atoms with Crippen molar-refractivity contribution in [2.75, 3.05) is 19.6 Å². The topological polar surface area (TPSA) is 23.3 Å². The van der Waals surface area contributed by atoms with Gasteiger partial charge in [0.05, 0.1) is 21.6 Å². The van der Waals surface area contributed by atoms with Crippen LogP contribution in [0.5, 0.6) is 0 Å². The Morgan fingerprint density at radius 3 is 2.85 bits per heavy atom. The maximum absolute atomic E-state index is 12.2. The number of hydrogen-bond acceptors (Lipinski definition) is 2. The molecule has 1 aliphatic carbocycles. The molecule has 2 heterocycles. The molecule has 142 valence electrons. The molecule has 3 fully saturated rings. The summed E-state index contributed by atoms with van der Waals surface area (Å²) in [7, 11) is 0. The highest BCUT2D eigenvalue weighted by Crippen LogP contribution is 2.60. The summed E-state index contributed by atoms with van der Waals surface area (Å²) < 4.78 is 0. The first-order chi connectivity index (χ1) is 12.5. The minimum Gasteiger partial charge on any atom is -0.329 e. The quantitative estimate of drug-likeness (QED) is 0.658.